The zero-order valence-corrected chi connectivity index (χ0v) is 12.3. The van der Waals surface area contributed by atoms with E-state index in [0.29, 0.717) is 6.04 Å². The van der Waals surface area contributed by atoms with Crippen molar-refractivity contribution >= 4 is 0 Å². The summed E-state index contributed by atoms with van der Waals surface area (Å²) >= 11 is 0. The van der Waals surface area contributed by atoms with Crippen molar-refractivity contribution in [2.24, 2.45) is 0 Å². The van der Waals surface area contributed by atoms with Gasteiger partial charge >= 0.3 is 0 Å². The van der Waals surface area contributed by atoms with Crippen LogP contribution in [-0.2, 0) is 0 Å². The summed E-state index contributed by atoms with van der Waals surface area (Å²) in [5, 5.41) is 9.18. The SMILES string of the molecule is CN(C)C(CCO)c1ccc(C2CCCCC2)cc1. The zero-order valence-electron chi connectivity index (χ0n) is 12.3. The van der Waals surface area contributed by atoms with Gasteiger partial charge in [0.2, 0.25) is 0 Å². The van der Waals surface area contributed by atoms with Crippen LogP contribution in [0.1, 0.15) is 61.6 Å². The van der Waals surface area contributed by atoms with Gasteiger partial charge in [-0.25, -0.2) is 0 Å². The fourth-order valence-corrected chi connectivity index (χ4v) is 3.27. The molecular weight excluding hydrogens is 234 g/mol. The monoisotopic (exact) mass is 261 g/mol. The number of benzene rings is 1. The van der Waals surface area contributed by atoms with Gasteiger partial charge in [0.25, 0.3) is 0 Å². The minimum atomic E-state index is 0.243. The summed E-state index contributed by atoms with van der Waals surface area (Å²) in [7, 11) is 4.16. The molecule has 2 rings (SSSR count). The molecule has 1 unspecified atom stereocenters. The van der Waals surface area contributed by atoms with Crippen molar-refractivity contribution in [3.8, 4) is 0 Å². The van der Waals surface area contributed by atoms with Gasteiger partial charge in [0.15, 0.2) is 0 Å². The Morgan fingerprint density at radius 1 is 1.11 bits per heavy atom. The van der Waals surface area contributed by atoms with Crippen molar-refractivity contribution in [1.29, 1.82) is 0 Å². The fourth-order valence-electron chi connectivity index (χ4n) is 3.27. The molecule has 1 aliphatic rings. The van der Waals surface area contributed by atoms with Crippen molar-refractivity contribution in [1.82, 2.24) is 4.90 Å². The van der Waals surface area contributed by atoms with Crippen LogP contribution < -0.4 is 0 Å². The van der Waals surface area contributed by atoms with E-state index in [-0.39, 0.29) is 6.61 Å². The zero-order chi connectivity index (χ0) is 13.7. The number of aliphatic hydroxyl groups is 1. The molecule has 1 aliphatic carbocycles. The predicted molar refractivity (Wildman–Crippen MR) is 80.4 cm³/mol. The molecule has 1 aromatic carbocycles. The number of hydrogen-bond donors (Lipinski definition) is 1. The Bertz CT molecular complexity index is 365. The van der Waals surface area contributed by atoms with Gasteiger partial charge in [-0.3, -0.25) is 0 Å². The highest BCUT2D eigenvalue weighted by Crippen LogP contribution is 2.33. The van der Waals surface area contributed by atoms with Crippen LogP contribution in [0.15, 0.2) is 24.3 Å². The van der Waals surface area contributed by atoms with E-state index in [1.807, 2.05) is 0 Å². The molecule has 0 amide bonds. The summed E-state index contributed by atoms with van der Waals surface area (Å²) in [4.78, 5) is 2.19. The lowest BCUT2D eigenvalue weighted by Gasteiger charge is -2.26. The van der Waals surface area contributed by atoms with Crippen LogP contribution in [-0.4, -0.2) is 30.7 Å². The fraction of sp³-hybridized carbons (Fsp3) is 0.647. The van der Waals surface area contributed by atoms with Crippen LogP contribution in [0.5, 0.6) is 0 Å². The Hall–Kier alpha value is -0.860. The molecule has 0 aromatic heterocycles. The summed E-state index contributed by atoms with van der Waals surface area (Å²) in [6.07, 6.45) is 7.69. The van der Waals surface area contributed by atoms with Gasteiger partial charge in [0.1, 0.15) is 0 Å². The normalized spacial score (nSPS) is 18.7. The maximum absolute atomic E-state index is 9.18. The van der Waals surface area contributed by atoms with Crippen molar-refractivity contribution in [3.63, 3.8) is 0 Å². The topological polar surface area (TPSA) is 23.5 Å². The quantitative estimate of drug-likeness (QED) is 0.873. The smallest absolute Gasteiger partial charge is 0.0449 e. The third kappa shape index (κ3) is 3.80. The second-order valence-electron chi connectivity index (χ2n) is 5.99. The van der Waals surface area contributed by atoms with E-state index in [4.69, 9.17) is 0 Å². The molecule has 2 heteroatoms. The first-order valence-electron chi connectivity index (χ1n) is 7.59. The van der Waals surface area contributed by atoms with Crippen molar-refractivity contribution in [2.45, 2.75) is 50.5 Å². The standard InChI is InChI=1S/C17H27NO/c1-18(2)17(12-13-19)16-10-8-15(9-11-16)14-6-4-3-5-7-14/h8-11,14,17,19H,3-7,12-13H2,1-2H3. The molecule has 2 nitrogen and oxygen atoms in total. The lowest BCUT2D eigenvalue weighted by molar-refractivity contribution is 0.211. The lowest BCUT2D eigenvalue weighted by atomic mass is 9.83. The number of nitrogens with zero attached hydrogens (tertiary/aromatic N) is 1. The second-order valence-corrected chi connectivity index (χ2v) is 5.99. The first-order valence-corrected chi connectivity index (χ1v) is 7.59. The summed E-state index contributed by atoms with van der Waals surface area (Å²) in [6.45, 7) is 0.243. The molecule has 0 spiro atoms. The molecule has 1 N–H and O–H groups in total. The highest BCUT2D eigenvalue weighted by molar-refractivity contribution is 5.27. The van der Waals surface area contributed by atoms with E-state index in [2.05, 4.69) is 43.3 Å². The maximum atomic E-state index is 9.18. The minimum Gasteiger partial charge on any atom is -0.396 e. The molecule has 1 saturated carbocycles. The van der Waals surface area contributed by atoms with Crippen molar-refractivity contribution in [3.05, 3.63) is 35.4 Å². The molecular formula is C17H27NO. The Morgan fingerprint density at radius 3 is 2.26 bits per heavy atom. The molecule has 1 fully saturated rings. The molecule has 0 bridgehead atoms. The van der Waals surface area contributed by atoms with Crippen LogP contribution >= 0.6 is 0 Å². The van der Waals surface area contributed by atoms with Gasteiger partial charge < -0.3 is 10.0 Å². The Labute approximate surface area is 117 Å². The molecule has 0 aliphatic heterocycles. The average Bonchev–Trinajstić information content (AvgIpc) is 2.46. The van der Waals surface area contributed by atoms with Gasteiger partial charge in [0.05, 0.1) is 0 Å². The Morgan fingerprint density at radius 2 is 1.74 bits per heavy atom. The summed E-state index contributed by atoms with van der Waals surface area (Å²) in [5.41, 5.74) is 2.82. The predicted octanol–water partition coefficient (Wildman–Crippen LogP) is 3.72. The van der Waals surface area contributed by atoms with Gasteiger partial charge in [-0.05, 0) is 50.4 Å². The highest BCUT2D eigenvalue weighted by atomic mass is 16.3. The molecule has 19 heavy (non-hydrogen) atoms. The van der Waals surface area contributed by atoms with Crippen LogP contribution in [0.25, 0.3) is 0 Å². The molecule has 0 radical (unpaired) electrons. The first-order chi connectivity index (χ1) is 9.22. The largest absolute Gasteiger partial charge is 0.396 e. The van der Waals surface area contributed by atoms with E-state index in [9.17, 15) is 5.11 Å². The molecule has 1 atom stereocenters. The van der Waals surface area contributed by atoms with Crippen LogP contribution in [0.3, 0.4) is 0 Å². The highest BCUT2D eigenvalue weighted by Gasteiger charge is 2.17. The van der Waals surface area contributed by atoms with Crippen LogP contribution in [0, 0.1) is 0 Å². The van der Waals surface area contributed by atoms with Crippen LogP contribution in [0.2, 0.25) is 0 Å². The van der Waals surface area contributed by atoms with Crippen LogP contribution in [0.4, 0.5) is 0 Å². The number of rotatable bonds is 5. The minimum absolute atomic E-state index is 0.243. The first kappa shape index (κ1) is 14.5. The number of aliphatic hydroxyl groups excluding tert-OH is 1. The molecule has 0 saturated heterocycles. The van der Waals surface area contributed by atoms with Gasteiger partial charge in [-0.2, -0.15) is 0 Å². The van der Waals surface area contributed by atoms with Gasteiger partial charge in [-0.15, -0.1) is 0 Å². The van der Waals surface area contributed by atoms with Crippen molar-refractivity contribution in [2.75, 3.05) is 20.7 Å². The Kier molecular flexibility index (Phi) is 5.41. The molecule has 1 aromatic rings. The van der Waals surface area contributed by atoms with E-state index in [1.165, 1.54) is 43.2 Å². The van der Waals surface area contributed by atoms with E-state index in [1.54, 1.807) is 0 Å². The third-order valence-electron chi connectivity index (χ3n) is 4.42. The number of hydrogen-bond acceptors (Lipinski definition) is 2. The van der Waals surface area contributed by atoms with E-state index in [0.717, 1.165) is 12.3 Å². The summed E-state index contributed by atoms with van der Waals surface area (Å²) in [5.74, 6) is 0.776. The van der Waals surface area contributed by atoms with Gasteiger partial charge in [0, 0.05) is 12.6 Å². The second kappa shape index (κ2) is 7.06. The van der Waals surface area contributed by atoms with Gasteiger partial charge in [-0.1, -0.05) is 43.5 Å². The summed E-state index contributed by atoms with van der Waals surface area (Å²) in [6, 6.07) is 9.44. The Balaban J connectivity index is 2.07. The van der Waals surface area contributed by atoms with E-state index < -0.39 is 0 Å². The average molecular weight is 261 g/mol. The lowest BCUT2D eigenvalue weighted by Crippen LogP contribution is -2.21. The summed E-state index contributed by atoms with van der Waals surface area (Å²) < 4.78 is 0. The molecule has 106 valence electrons. The maximum Gasteiger partial charge on any atom is 0.0449 e. The van der Waals surface area contributed by atoms with E-state index >= 15 is 0 Å². The molecule has 0 heterocycles. The van der Waals surface area contributed by atoms with Crippen molar-refractivity contribution < 1.29 is 5.11 Å². The third-order valence-corrected chi connectivity index (χ3v) is 4.42.